The van der Waals surface area contributed by atoms with Gasteiger partial charge in [0.15, 0.2) is 5.71 Å². The minimum atomic E-state index is -0.967. The van der Waals surface area contributed by atoms with E-state index >= 15 is 0 Å². The summed E-state index contributed by atoms with van der Waals surface area (Å²) in [4.78, 5) is 10.4. The molecule has 0 radical (unpaired) electrons. The predicted octanol–water partition coefficient (Wildman–Crippen LogP) is 2.92. The van der Waals surface area contributed by atoms with Crippen LogP contribution in [0.5, 0.6) is 0 Å². The second-order valence-electron chi connectivity index (χ2n) is 8.95. The van der Waals surface area contributed by atoms with Crippen LogP contribution in [0.4, 0.5) is 5.69 Å². The van der Waals surface area contributed by atoms with Crippen molar-refractivity contribution in [1.82, 2.24) is 5.32 Å². The van der Waals surface area contributed by atoms with Gasteiger partial charge in [-0.3, -0.25) is 10.1 Å². The van der Waals surface area contributed by atoms with E-state index in [1.54, 1.807) is 0 Å². The van der Waals surface area contributed by atoms with Crippen molar-refractivity contribution >= 4 is 11.4 Å². The fourth-order valence-corrected chi connectivity index (χ4v) is 4.34. The first-order chi connectivity index (χ1) is 13.8. The van der Waals surface area contributed by atoms with Crippen molar-refractivity contribution < 1.29 is 19.7 Å². The maximum atomic E-state index is 10.8. The minimum absolute atomic E-state index is 0.0213. The number of rotatable bonds is 6. The molecule has 3 N–H and O–H groups in total. The number of nitro groups is 1. The van der Waals surface area contributed by atoms with Gasteiger partial charge in [-0.25, -0.2) is 4.58 Å². The van der Waals surface area contributed by atoms with Gasteiger partial charge < -0.3 is 15.5 Å². The number of nitrogens with zero attached hydrogens (tertiary/aromatic N) is 2. The molecule has 7 nitrogen and oxygen atoms in total. The Morgan fingerprint density at radius 2 is 1.83 bits per heavy atom. The maximum absolute atomic E-state index is 10.8. The molecule has 1 aliphatic heterocycles. The number of benzene rings is 1. The van der Waals surface area contributed by atoms with Crippen LogP contribution in [0.15, 0.2) is 36.0 Å². The summed E-state index contributed by atoms with van der Waals surface area (Å²) in [5.41, 5.74) is 2.96. The molecule has 2 aliphatic rings. The number of allylic oxidation sites excluding steroid dienone is 2. The van der Waals surface area contributed by atoms with Gasteiger partial charge in [-0.2, -0.15) is 0 Å². The van der Waals surface area contributed by atoms with Crippen LogP contribution in [0, 0.1) is 15.5 Å². The van der Waals surface area contributed by atoms with Crippen molar-refractivity contribution in [2.24, 2.45) is 5.41 Å². The van der Waals surface area contributed by atoms with Gasteiger partial charge in [0.05, 0.1) is 17.6 Å². The third-order valence-electron chi connectivity index (χ3n) is 5.83. The fraction of sp³-hybridized carbons (Fsp3) is 0.591. The summed E-state index contributed by atoms with van der Waals surface area (Å²) >= 11 is 0. The number of nitrogens with one attached hydrogen (secondary N) is 1. The summed E-state index contributed by atoms with van der Waals surface area (Å²) in [7, 11) is 0. The van der Waals surface area contributed by atoms with Crippen molar-refractivity contribution in [3.63, 3.8) is 0 Å². The van der Waals surface area contributed by atoms with Crippen LogP contribution in [0.1, 0.15) is 57.6 Å². The molecule has 1 aromatic rings. The zero-order valence-corrected chi connectivity index (χ0v) is 17.3. The number of nitro benzene ring substituents is 1. The van der Waals surface area contributed by atoms with Crippen LogP contribution in [-0.4, -0.2) is 51.2 Å². The topological polar surface area (TPSA) is 98.6 Å². The molecule has 7 heteroatoms. The standard InChI is InChI=1S/C22H31N3O4/c1-22(2)13-17(12-19(14-22)24-10-4-3-5-11-24)23-20(15-26)21(27)16-6-8-18(9-7-16)25(28)29/h6-9,12,20-21,26-27H,3-5,10-11,13-15H2,1-2H3/p+1/t20-,21+/m1/s1. The van der Waals surface area contributed by atoms with Gasteiger partial charge in [-0.05, 0) is 36.0 Å². The summed E-state index contributed by atoms with van der Waals surface area (Å²) in [6.45, 7) is 6.42. The third kappa shape index (κ3) is 5.42. The lowest BCUT2D eigenvalue weighted by molar-refractivity contribution is -0.538. The van der Waals surface area contributed by atoms with Crippen molar-refractivity contribution in [2.75, 3.05) is 19.7 Å². The Morgan fingerprint density at radius 3 is 2.41 bits per heavy atom. The average molecular weight is 403 g/mol. The second-order valence-corrected chi connectivity index (χ2v) is 8.95. The Bertz CT molecular complexity index is 791. The Balaban J connectivity index is 1.79. The molecule has 1 aliphatic carbocycles. The van der Waals surface area contributed by atoms with Crippen molar-refractivity contribution in [1.29, 1.82) is 0 Å². The monoisotopic (exact) mass is 402 g/mol. The first-order valence-corrected chi connectivity index (χ1v) is 10.4. The van der Waals surface area contributed by atoms with Gasteiger partial charge in [0, 0.05) is 43.2 Å². The van der Waals surface area contributed by atoms with Gasteiger partial charge in [0.2, 0.25) is 0 Å². The molecule has 1 saturated heterocycles. The normalized spacial score (nSPS) is 21.3. The highest BCUT2D eigenvalue weighted by Gasteiger charge is 2.33. The Kier molecular flexibility index (Phi) is 6.70. The lowest BCUT2D eigenvalue weighted by Crippen LogP contribution is -2.41. The molecule has 2 atom stereocenters. The summed E-state index contributed by atoms with van der Waals surface area (Å²) in [5.74, 6) is 0. The van der Waals surface area contributed by atoms with Gasteiger partial charge in [-0.15, -0.1) is 0 Å². The molecule has 0 aromatic heterocycles. The molecule has 1 fully saturated rings. The van der Waals surface area contributed by atoms with E-state index in [1.807, 2.05) is 0 Å². The van der Waals surface area contributed by atoms with E-state index in [4.69, 9.17) is 0 Å². The predicted molar refractivity (Wildman–Crippen MR) is 112 cm³/mol. The molecule has 1 heterocycles. The Morgan fingerprint density at radius 1 is 1.17 bits per heavy atom. The zero-order chi connectivity index (χ0) is 21.0. The van der Waals surface area contributed by atoms with Gasteiger partial charge >= 0.3 is 0 Å². The number of hydrogen-bond acceptors (Lipinski definition) is 5. The smallest absolute Gasteiger partial charge is 0.269 e. The van der Waals surface area contributed by atoms with Crippen LogP contribution < -0.4 is 5.32 Å². The molecule has 0 spiro atoms. The van der Waals surface area contributed by atoms with Crippen LogP contribution in [0.25, 0.3) is 0 Å². The molecular weight excluding hydrogens is 370 g/mol. The number of aliphatic hydroxyl groups is 2. The molecule has 29 heavy (non-hydrogen) atoms. The molecule has 0 saturated carbocycles. The number of aliphatic hydroxyl groups excluding tert-OH is 2. The minimum Gasteiger partial charge on any atom is -0.394 e. The number of hydrogen-bond donors (Lipinski definition) is 3. The van der Waals surface area contributed by atoms with Gasteiger partial charge in [-0.1, -0.05) is 13.8 Å². The molecule has 158 valence electrons. The number of non-ortho nitro benzene ring substituents is 1. The fourth-order valence-electron chi connectivity index (χ4n) is 4.34. The second kappa shape index (κ2) is 9.05. The number of piperidine rings is 1. The van der Waals surface area contributed by atoms with Crippen LogP contribution >= 0.6 is 0 Å². The summed E-state index contributed by atoms with van der Waals surface area (Å²) in [6, 6.07) is 5.24. The van der Waals surface area contributed by atoms with E-state index in [0.717, 1.165) is 31.6 Å². The van der Waals surface area contributed by atoms with Gasteiger partial charge in [0.1, 0.15) is 19.2 Å². The lowest BCUT2D eigenvalue weighted by atomic mass is 9.78. The molecule has 0 amide bonds. The first kappa shape index (κ1) is 21.5. The van der Waals surface area contributed by atoms with Crippen LogP contribution in [0.3, 0.4) is 0 Å². The molecule has 3 rings (SSSR count). The molecule has 0 bridgehead atoms. The highest BCUT2D eigenvalue weighted by Crippen LogP contribution is 2.34. The van der Waals surface area contributed by atoms with E-state index in [9.17, 15) is 20.3 Å². The Labute approximate surface area is 171 Å². The molecule has 1 aromatic carbocycles. The average Bonchev–Trinajstić information content (AvgIpc) is 2.71. The van der Waals surface area contributed by atoms with Gasteiger partial charge in [0.25, 0.3) is 5.69 Å². The molecule has 0 unspecified atom stereocenters. The summed E-state index contributed by atoms with van der Waals surface area (Å²) < 4.78 is 2.47. The van der Waals surface area contributed by atoms with Crippen molar-refractivity contribution in [2.45, 2.75) is 58.1 Å². The SMILES string of the molecule is CC1(C)CC(N[C@H](CO)[C@@H](O)c2ccc([N+](=O)[O-])cc2)=CC(=[N+]2CCCCC2)C1. The highest BCUT2D eigenvalue weighted by atomic mass is 16.6. The van der Waals surface area contributed by atoms with Crippen molar-refractivity contribution in [3.8, 4) is 0 Å². The van der Waals surface area contributed by atoms with E-state index < -0.39 is 17.1 Å². The quantitative estimate of drug-likeness (QED) is 0.386. The highest BCUT2D eigenvalue weighted by molar-refractivity contribution is 5.92. The van der Waals surface area contributed by atoms with E-state index in [2.05, 4.69) is 29.8 Å². The largest absolute Gasteiger partial charge is 0.394 e. The van der Waals surface area contributed by atoms with Crippen LogP contribution in [-0.2, 0) is 0 Å². The molecular formula is C22H32N3O4+. The van der Waals surface area contributed by atoms with E-state index in [0.29, 0.717) is 5.56 Å². The maximum Gasteiger partial charge on any atom is 0.269 e. The van der Waals surface area contributed by atoms with E-state index in [1.165, 1.54) is 49.2 Å². The van der Waals surface area contributed by atoms with Crippen LogP contribution in [0.2, 0.25) is 0 Å². The summed E-state index contributed by atoms with van der Waals surface area (Å²) in [5, 5.41) is 34.8. The summed E-state index contributed by atoms with van der Waals surface area (Å²) in [6.07, 6.45) is 6.81. The first-order valence-electron chi connectivity index (χ1n) is 10.4. The Hall–Kier alpha value is -2.25. The van der Waals surface area contributed by atoms with Crippen molar-refractivity contribution in [3.05, 3.63) is 51.7 Å². The lowest BCUT2D eigenvalue weighted by Gasteiger charge is -2.33. The third-order valence-corrected chi connectivity index (χ3v) is 5.83. The zero-order valence-electron chi connectivity index (χ0n) is 17.3. The van der Waals surface area contributed by atoms with E-state index in [-0.39, 0.29) is 17.7 Å².